The average molecular weight is 262 g/mol. The highest BCUT2D eigenvalue weighted by atomic mass is 16.5. The smallest absolute Gasteiger partial charge is 0.125 e. The SMILES string of the molecule is CCN(c1cccc(OC)c1[C@H](C)N)C1CCCC1. The fourth-order valence-corrected chi connectivity index (χ4v) is 3.26. The number of benzene rings is 1. The standard InChI is InChI=1S/C16H26N2O/c1-4-18(13-8-5-6-9-13)14-10-7-11-15(19-3)16(14)12(2)17/h7,10-13H,4-6,8-9,17H2,1-3H3/t12-/m0/s1. The van der Waals surface area contributed by atoms with Gasteiger partial charge in [-0.3, -0.25) is 0 Å². The molecular formula is C16H26N2O. The van der Waals surface area contributed by atoms with Crippen LogP contribution in [-0.4, -0.2) is 19.7 Å². The summed E-state index contributed by atoms with van der Waals surface area (Å²) < 4.78 is 5.50. The van der Waals surface area contributed by atoms with Crippen LogP contribution in [0.4, 0.5) is 5.69 Å². The molecule has 106 valence electrons. The number of ether oxygens (including phenoxy) is 1. The molecule has 0 bridgehead atoms. The Bertz CT molecular complexity index is 411. The molecule has 1 aliphatic carbocycles. The first-order valence-electron chi connectivity index (χ1n) is 7.38. The summed E-state index contributed by atoms with van der Waals surface area (Å²) in [7, 11) is 1.72. The van der Waals surface area contributed by atoms with Crippen molar-refractivity contribution in [1.82, 2.24) is 0 Å². The summed E-state index contributed by atoms with van der Waals surface area (Å²) in [5, 5.41) is 0. The van der Waals surface area contributed by atoms with E-state index in [1.807, 2.05) is 13.0 Å². The minimum absolute atomic E-state index is 0.0124. The molecule has 0 unspecified atom stereocenters. The molecule has 0 heterocycles. The van der Waals surface area contributed by atoms with Gasteiger partial charge in [0.2, 0.25) is 0 Å². The molecule has 0 aliphatic heterocycles. The van der Waals surface area contributed by atoms with Gasteiger partial charge in [-0.2, -0.15) is 0 Å². The molecule has 1 fully saturated rings. The lowest BCUT2D eigenvalue weighted by Crippen LogP contribution is -2.34. The van der Waals surface area contributed by atoms with Crippen molar-refractivity contribution in [3.8, 4) is 5.75 Å². The zero-order valence-corrected chi connectivity index (χ0v) is 12.4. The highest BCUT2D eigenvalue weighted by molar-refractivity contribution is 5.61. The lowest BCUT2D eigenvalue weighted by molar-refractivity contribution is 0.406. The first kappa shape index (κ1) is 14.2. The maximum absolute atomic E-state index is 6.18. The van der Waals surface area contributed by atoms with Gasteiger partial charge >= 0.3 is 0 Å². The molecule has 2 N–H and O–H groups in total. The van der Waals surface area contributed by atoms with Crippen LogP contribution in [-0.2, 0) is 0 Å². The summed E-state index contributed by atoms with van der Waals surface area (Å²) in [4.78, 5) is 2.51. The van der Waals surface area contributed by atoms with Crippen molar-refractivity contribution in [2.75, 3.05) is 18.6 Å². The molecule has 2 rings (SSSR count). The van der Waals surface area contributed by atoms with Gasteiger partial charge in [-0.15, -0.1) is 0 Å². The second-order valence-corrected chi connectivity index (χ2v) is 5.41. The topological polar surface area (TPSA) is 38.5 Å². The minimum atomic E-state index is -0.0124. The van der Waals surface area contributed by atoms with Crippen LogP contribution in [0.1, 0.15) is 51.1 Å². The van der Waals surface area contributed by atoms with Crippen LogP contribution in [0.3, 0.4) is 0 Å². The quantitative estimate of drug-likeness (QED) is 0.883. The Morgan fingerprint density at radius 2 is 2.05 bits per heavy atom. The predicted octanol–water partition coefficient (Wildman–Crippen LogP) is 3.48. The Kier molecular flexibility index (Phi) is 4.70. The van der Waals surface area contributed by atoms with E-state index in [0.29, 0.717) is 6.04 Å². The van der Waals surface area contributed by atoms with E-state index in [2.05, 4.69) is 24.0 Å². The minimum Gasteiger partial charge on any atom is -0.496 e. The summed E-state index contributed by atoms with van der Waals surface area (Å²) in [6.45, 7) is 5.28. The second kappa shape index (κ2) is 6.29. The van der Waals surface area contributed by atoms with Crippen LogP contribution < -0.4 is 15.4 Å². The lowest BCUT2D eigenvalue weighted by atomic mass is 10.0. The molecule has 19 heavy (non-hydrogen) atoms. The number of nitrogens with two attached hydrogens (primary N) is 1. The summed E-state index contributed by atoms with van der Waals surface area (Å²) in [6, 6.07) is 6.90. The van der Waals surface area contributed by atoms with E-state index in [9.17, 15) is 0 Å². The molecule has 0 radical (unpaired) electrons. The summed E-state index contributed by atoms with van der Waals surface area (Å²) >= 11 is 0. The second-order valence-electron chi connectivity index (χ2n) is 5.41. The molecular weight excluding hydrogens is 236 g/mol. The Morgan fingerprint density at radius 1 is 1.37 bits per heavy atom. The van der Waals surface area contributed by atoms with Crippen molar-refractivity contribution in [3.05, 3.63) is 23.8 Å². The number of hydrogen-bond donors (Lipinski definition) is 1. The fraction of sp³-hybridized carbons (Fsp3) is 0.625. The Labute approximate surface area is 116 Å². The van der Waals surface area contributed by atoms with Crippen LogP contribution in [0, 0.1) is 0 Å². The number of rotatable bonds is 5. The van der Waals surface area contributed by atoms with Gasteiger partial charge in [0.1, 0.15) is 5.75 Å². The van der Waals surface area contributed by atoms with Gasteiger partial charge in [0.15, 0.2) is 0 Å². The first-order chi connectivity index (χ1) is 9.19. The zero-order chi connectivity index (χ0) is 13.8. The van der Waals surface area contributed by atoms with Crippen LogP contribution >= 0.6 is 0 Å². The highest BCUT2D eigenvalue weighted by Gasteiger charge is 2.25. The van der Waals surface area contributed by atoms with Crippen molar-refractivity contribution in [2.45, 2.75) is 51.6 Å². The highest BCUT2D eigenvalue weighted by Crippen LogP contribution is 2.37. The Morgan fingerprint density at radius 3 is 2.58 bits per heavy atom. The normalized spacial score (nSPS) is 17.5. The van der Waals surface area contributed by atoms with Crippen LogP contribution in [0.2, 0.25) is 0 Å². The number of anilines is 1. The van der Waals surface area contributed by atoms with E-state index in [1.54, 1.807) is 7.11 Å². The molecule has 1 atom stereocenters. The molecule has 1 aromatic carbocycles. The average Bonchev–Trinajstić information content (AvgIpc) is 2.93. The Hall–Kier alpha value is -1.22. The van der Waals surface area contributed by atoms with E-state index < -0.39 is 0 Å². The van der Waals surface area contributed by atoms with Gasteiger partial charge in [-0.05, 0) is 38.8 Å². The summed E-state index contributed by atoms with van der Waals surface area (Å²) in [5.74, 6) is 0.906. The molecule has 0 spiro atoms. The van der Waals surface area contributed by atoms with Gasteiger partial charge in [0.25, 0.3) is 0 Å². The molecule has 3 heteroatoms. The first-order valence-corrected chi connectivity index (χ1v) is 7.38. The van der Waals surface area contributed by atoms with E-state index >= 15 is 0 Å². The third-order valence-corrected chi connectivity index (χ3v) is 4.13. The van der Waals surface area contributed by atoms with Gasteiger partial charge in [0, 0.05) is 29.9 Å². The number of methoxy groups -OCH3 is 1. The lowest BCUT2D eigenvalue weighted by Gasteiger charge is -2.33. The fourth-order valence-electron chi connectivity index (χ4n) is 3.26. The zero-order valence-electron chi connectivity index (χ0n) is 12.4. The van der Waals surface area contributed by atoms with E-state index in [1.165, 1.54) is 31.4 Å². The predicted molar refractivity (Wildman–Crippen MR) is 80.9 cm³/mol. The monoisotopic (exact) mass is 262 g/mol. The molecule has 1 saturated carbocycles. The maximum Gasteiger partial charge on any atom is 0.125 e. The van der Waals surface area contributed by atoms with Crippen molar-refractivity contribution >= 4 is 5.69 Å². The molecule has 0 saturated heterocycles. The largest absolute Gasteiger partial charge is 0.496 e. The van der Waals surface area contributed by atoms with Crippen molar-refractivity contribution in [1.29, 1.82) is 0 Å². The van der Waals surface area contributed by atoms with Crippen LogP contribution in [0.15, 0.2) is 18.2 Å². The molecule has 1 aromatic rings. The van der Waals surface area contributed by atoms with Crippen molar-refractivity contribution < 1.29 is 4.74 Å². The number of hydrogen-bond acceptors (Lipinski definition) is 3. The van der Waals surface area contributed by atoms with E-state index in [4.69, 9.17) is 10.5 Å². The summed E-state index contributed by atoms with van der Waals surface area (Å²) in [6.07, 6.45) is 5.28. The van der Waals surface area contributed by atoms with Crippen molar-refractivity contribution in [3.63, 3.8) is 0 Å². The maximum atomic E-state index is 6.18. The molecule has 1 aliphatic rings. The number of nitrogens with zero attached hydrogens (tertiary/aromatic N) is 1. The van der Waals surface area contributed by atoms with E-state index in [0.717, 1.165) is 17.9 Å². The molecule has 3 nitrogen and oxygen atoms in total. The van der Waals surface area contributed by atoms with Crippen LogP contribution in [0.25, 0.3) is 0 Å². The van der Waals surface area contributed by atoms with Crippen molar-refractivity contribution in [2.24, 2.45) is 5.73 Å². The van der Waals surface area contributed by atoms with E-state index in [-0.39, 0.29) is 6.04 Å². The van der Waals surface area contributed by atoms with Gasteiger partial charge in [-0.1, -0.05) is 18.9 Å². The van der Waals surface area contributed by atoms with Gasteiger partial charge < -0.3 is 15.4 Å². The molecule has 0 aromatic heterocycles. The van der Waals surface area contributed by atoms with Gasteiger partial charge in [0.05, 0.1) is 7.11 Å². The van der Waals surface area contributed by atoms with Crippen LogP contribution in [0.5, 0.6) is 5.75 Å². The third kappa shape index (κ3) is 2.86. The third-order valence-electron chi connectivity index (χ3n) is 4.13. The Balaban J connectivity index is 2.41. The summed E-state index contributed by atoms with van der Waals surface area (Å²) in [5.41, 5.74) is 8.57. The van der Waals surface area contributed by atoms with Gasteiger partial charge in [-0.25, -0.2) is 0 Å². The molecule has 0 amide bonds.